The summed E-state index contributed by atoms with van der Waals surface area (Å²) in [7, 11) is 0. The quantitative estimate of drug-likeness (QED) is 0.845. The van der Waals surface area contributed by atoms with E-state index in [-0.39, 0.29) is 5.54 Å². The number of hydrogen-bond acceptors (Lipinski definition) is 2. The van der Waals surface area contributed by atoms with Gasteiger partial charge >= 0.3 is 0 Å². The van der Waals surface area contributed by atoms with Crippen molar-refractivity contribution in [2.45, 2.75) is 26.3 Å². The highest BCUT2D eigenvalue weighted by molar-refractivity contribution is 5.56. The van der Waals surface area contributed by atoms with Crippen molar-refractivity contribution in [1.82, 2.24) is 5.32 Å². The van der Waals surface area contributed by atoms with Crippen molar-refractivity contribution in [3.05, 3.63) is 71.5 Å². The molecule has 0 aliphatic heterocycles. The molecule has 0 saturated carbocycles. The average Bonchev–Trinajstić information content (AvgIpc) is 2.81. The Bertz CT molecular complexity index is 542. The largest absolute Gasteiger partial charge is 0.494 e. The van der Waals surface area contributed by atoms with E-state index in [2.05, 4.69) is 55.2 Å². The van der Waals surface area contributed by atoms with Crippen LogP contribution in [0.5, 0.6) is 0 Å². The number of allylic oxidation sites excluding steroid dienone is 1. The summed E-state index contributed by atoms with van der Waals surface area (Å²) < 4.78 is 5.71. The Morgan fingerprint density at radius 2 is 1.95 bits per heavy atom. The van der Waals surface area contributed by atoms with Crippen molar-refractivity contribution < 1.29 is 4.74 Å². The molecule has 1 aliphatic rings. The van der Waals surface area contributed by atoms with Crippen molar-refractivity contribution in [2.24, 2.45) is 0 Å². The zero-order valence-corrected chi connectivity index (χ0v) is 12.6. The van der Waals surface area contributed by atoms with Crippen molar-refractivity contribution in [2.75, 3.05) is 13.2 Å². The zero-order chi connectivity index (χ0) is 14.6. The standard InChI is InChI=1S/C18H23NO/c1-5-19-18(15-10-8-7-9-11-15)13-16(20-6-2)12-17(18)14(3)4/h7-13,19H,3,5-6H2,1-2,4H3. The van der Waals surface area contributed by atoms with Crippen LogP contribution >= 0.6 is 0 Å². The second-order valence-electron chi connectivity index (χ2n) is 5.02. The molecule has 2 heteroatoms. The summed E-state index contributed by atoms with van der Waals surface area (Å²) in [6, 6.07) is 10.5. The Labute approximate surface area is 121 Å². The minimum absolute atomic E-state index is 0.327. The van der Waals surface area contributed by atoms with Gasteiger partial charge in [0.1, 0.15) is 5.76 Å². The molecule has 0 aromatic heterocycles. The van der Waals surface area contributed by atoms with E-state index in [1.165, 1.54) is 11.1 Å². The third-order valence-electron chi connectivity index (χ3n) is 3.53. The smallest absolute Gasteiger partial charge is 0.118 e. The average molecular weight is 269 g/mol. The Hall–Kier alpha value is -1.80. The number of likely N-dealkylation sites (N-methyl/N-ethyl adjacent to an activating group) is 1. The van der Waals surface area contributed by atoms with E-state index in [0.717, 1.165) is 17.9 Å². The van der Waals surface area contributed by atoms with Crippen LogP contribution in [0.4, 0.5) is 0 Å². The van der Waals surface area contributed by atoms with Crippen LogP contribution < -0.4 is 5.32 Å². The highest BCUT2D eigenvalue weighted by Crippen LogP contribution is 2.41. The normalized spacial score (nSPS) is 21.4. The Morgan fingerprint density at radius 3 is 2.50 bits per heavy atom. The molecule has 1 N–H and O–H groups in total. The predicted octanol–water partition coefficient (Wildman–Crippen LogP) is 3.93. The first kappa shape index (κ1) is 14.6. The van der Waals surface area contributed by atoms with Crippen molar-refractivity contribution in [1.29, 1.82) is 0 Å². The van der Waals surface area contributed by atoms with Gasteiger partial charge in [-0.3, -0.25) is 0 Å². The van der Waals surface area contributed by atoms with E-state index in [0.29, 0.717) is 6.61 Å². The second-order valence-corrected chi connectivity index (χ2v) is 5.02. The van der Waals surface area contributed by atoms with E-state index in [1.807, 2.05) is 19.9 Å². The van der Waals surface area contributed by atoms with Gasteiger partial charge < -0.3 is 10.1 Å². The third-order valence-corrected chi connectivity index (χ3v) is 3.53. The molecular formula is C18H23NO. The van der Waals surface area contributed by atoms with E-state index in [9.17, 15) is 0 Å². The lowest BCUT2D eigenvalue weighted by molar-refractivity contribution is 0.241. The van der Waals surface area contributed by atoms with Gasteiger partial charge in [-0.2, -0.15) is 0 Å². The van der Waals surface area contributed by atoms with Gasteiger partial charge in [-0.15, -0.1) is 0 Å². The molecule has 1 atom stereocenters. The molecule has 0 bridgehead atoms. The lowest BCUT2D eigenvalue weighted by Crippen LogP contribution is -2.41. The van der Waals surface area contributed by atoms with E-state index in [1.54, 1.807) is 0 Å². The van der Waals surface area contributed by atoms with Crippen LogP contribution in [0.25, 0.3) is 0 Å². The van der Waals surface area contributed by atoms with Crippen molar-refractivity contribution in [3.63, 3.8) is 0 Å². The fourth-order valence-corrected chi connectivity index (χ4v) is 2.77. The molecule has 0 saturated heterocycles. The third kappa shape index (κ3) is 2.56. The molecule has 20 heavy (non-hydrogen) atoms. The van der Waals surface area contributed by atoms with Crippen LogP contribution in [0.3, 0.4) is 0 Å². The van der Waals surface area contributed by atoms with Gasteiger partial charge in [-0.25, -0.2) is 0 Å². The molecule has 1 aliphatic carbocycles. The summed E-state index contributed by atoms with van der Waals surface area (Å²) in [5.74, 6) is 0.912. The van der Waals surface area contributed by atoms with E-state index < -0.39 is 0 Å². The first-order valence-corrected chi connectivity index (χ1v) is 7.18. The van der Waals surface area contributed by atoms with Gasteiger partial charge in [0.05, 0.1) is 12.1 Å². The molecule has 1 aromatic rings. The molecule has 0 spiro atoms. The summed E-state index contributed by atoms with van der Waals surface area (Å²) in [5, 5.41) is 3.61. The lowest BCUT2D eigenvalue weighted by Gasteiger charge is -2.32. The highest BCUT2D eigenvalue weighted by atomic mass is 16.5. The molecule has 1 aromatic carbocycles. The first-order valence-electron chi connectivity index (χ1n) is 7.18. The highest BCUT2D eigenvalue weighted by Gasteiger charge is 2.38. The maximum Gasteiger partial charge on any atom is 0.118 e. The van der Waals surface area contributed by atoms with Crippen LogP contribution in [-0.4, -0.2) is 13.2 Å². The maximum absolute atomic E-state index is 5.71. The first-order chi connectivity index (χ1) is 9.64. The monoisotopic (exact) mass is 269 g/mol. The number of rotatable bonds is 6. The molecule has 0 amide bonds. The number of benzene rings is 1. The van der Waals surface area contributed by atoms with Crippen molar-refractivity contribution >= 4 is 0 Å². The Balaban J connectivity index is 2.55. The molecule has 2 rings (SSSR count). The molecule has 0 fully saturated rings. The van der Waals surface area contributed by atoms with Crippen molar-refractivity contribution in [3.8, 4) is 0 Å². The van der Waals surface area contributed by atoms with Gasteiger partial charge in [-0.1, -0.05) is 49.4 Å². The Morgan fingerprint density at radius 1 is 1.25 bits per heavy atom. The van der Waals surface area contributed by atoms with Crippen LogP contribution in [0.15, 0.2) is 66.0 Å². The molecule has 0 radical (unpaired) electrons. The van der Waals surface area contributed by atoms with Gasteiger partial charge in [0.2, 0.25) is 0 Å². The lowest BCUT2D eigenvalue weighted by atomic mass is 9.82. The maximum atomic E-state index is 5.71. The number of nitrogens with one attached hydrogen (secondary N) is 1. The van der Waals surface area contributed by atoms with Gasteiger partial charge in [0, 0.05) is 0 Å². The fourth-order valence-electron chi connectivity index (χ4n) is 2.77. The number of ether oxygens (including phenoxy) is 1. The minimum atomic E-state index is -0.327. The summed E-state index contributed by atoms with van der Waals surface area (Å²) in [6.45, 7) is 11.8. The second kappa shape index (κ2) is 6.10. The SMILES string of the molecule is C=C(C)C1=CC(OCC)=CC1(NCC)c1ccccc1. The summed E-state index contributed by atoms with van der Waals surface area (Å²) in [4.78, 5) is 0. The van der Waals surface area contributed by atoms with Crippen LogP contribution in [-0.2, 0) is 10.3 Å². The van der Waals surface area contributed by atoms with Gasteiger partial charge in [0.15, 0.2) is 0 Å². The molecular weight excluding hydrogens is 246 g/mol. The molecule has 2 nitrogen and oxygen atoms in total. The molecule has 106 valence electrons. The van der Waals surface area contributed by atoms with Crippen LogP contribution in [0, 0.1) is 0 Å². The van der Waals surface area contributed by atoms with Gasteiger partial charge in [-0.05, 0) is 43.7 Å². The van der Waals surface area contributed by atoms with Gasteiger partial charge in [0.25, 0.3) is 0 Å². The molecule has 1 unspecified atom stereocenters. The van der Waals surface area contributed by atoms with Crippen LogP contribution in [0.1, 0.15) is 26.3 Å². The topological polar surface area (TPSA) is 21.3 Å². The predicted molar refractivity (Wildman–Crippen MR) is 84.4 cm³/mol. The number of hydrogen-bond donors (Lipinski definition) is 1. The Kier molecular flexibility index (Phi) is 4.46. The summed E-state index contributed by atoms with van der Waals surface area (Å²) in [5.41, 5.74) is 3.12. The molecule has 0 heterocycles. The summed E-state index contributed by atoms with van der Waals surface area (Å²) >= 11 is 0. The summed E-state index contributed by atoms with van der Waals surface area (Å²) in [6.07, 6.45) is 4.26. The minimum Gasteiger partial charge on any atom is -0.494 e. The van der Waals surface area contributed by atoms with E-state index in [4.69, 9.17) is 4.74 Å². The fraction of sp³-hybridized carbons (Fsp3) is 0.333. The zero-order valence-electron chi connectivity index (χ0n) is 12.6. The van der Waals surface area contributed by atoms with E-state index >= 15 is 0 Å². The van der Waals surface area contributed by atoms with Crippen LogP contribution in [0.2, 0.25) is 0 Å².